The topological polar surface area (TPSA) is 47.6 Å². The van der Waals surface area contributed by atoms with Crippen molar-refractivity contribution in [3.05, 3.63) is 23.8 Å². The van der Waals surface area contributed by atoms with Gasteiger partial charge in [-0.15, -0.1) is 0 Å². The molecule has 2 rings (SSSR count). The lowest BCUT2D eigenvalue weighted by Gasteiger charge is -2.05. The van der Waals surface area contributed by atoms with Crippen molar-refractivity contribution in [2.24, 2.45) is 0 Å². The molecular weight excluding hydrogens is 194 g/mol. The van der Waals surface area contributed by atoms with Gasteiger partial charge in [0.05, 0.1) is 0 Å². The minimum atomic E-state index is -0.0141. The summed E-state index contributed by atoms with van der Waals surface area (Å²) >= 11 is 0. The molecule has 0 radical (unpaired) electrons. The van der Waals surface area contributed by atoms with Gasteiger partial charge in [0, 0.05) is 13.5 Å². The normalized spacial score (nSPS) is 12.6. The molecule has 80 valence electrons. The van der Waals surface area contributed by atoms with Crippen LogP contribution in [0.15, 0.2) is 18.2 Å². The zero-order valence-corrected chi connectivity index (χ0v) is 8.58. The quantitative estimate of drug-likeness (QED) is 0.807. The van der Waals surface area contributed by atoms with Gasteiger partial charge in [-0.1, -0.05) is 12.1 Å². The lowest BCUT2D eigenvalue weighted by molar-refractivity contribution is -0.118. The van der Waals surface area contributed by atoms with Crippen LogP contribution in [0.25, 0.3) is 0 Å². The molecule has 0 aromatic heterocycles. The molecular formula is C11H13NO3. The first-order valence-electron chi connectivity index (χ1n) is 4.89. The Kier molecular flexibility index (Phi) is 2.76. The summed E-state index contributed by atoms with van der Waals surface area (Å²) in [6.45, 7) is 2.41. The van der Waals surface area contributed by atoms with E-state index in [-0.39, 0.29) is 12.7 Å². The fourth-order valence-electron chi connectivity index (χ4n) is 1.56. The average molecular weight is 207 g/mol. The number of nitrogens with one attached hydrogen (secondary N) is 1. The van der Waals surface area contributed by atoms with Crippen LogP contribution >= 0.6 is 0 Å². The molecule has 0 spiro atoms. The number of fused-ring (bicyclic) bond motifs is 1. The number of para-hydroxylation sites is 1. The maximum Gasteiger partial charge on any atom is 0.231 e. The largest absolute Gasteiger partial charge is 0.454 e. The number of amides is 1. The molecule has 1 aromatic rings. The van der Waals surface area contributed by atoms with Gasteiger partial charge < -0.3 is 14.8 Å². The van der Waals surface area contributed by atoms with E-state index in [1.165, 1.54) is 6.92 Å². The van der Waals surface area contributed by atoms with Crippen LogP contribution in [0.2, 0.25) is 0 Å². The van der Waals surface area contributed by atoms with E-state index in [9.17, 15) is 4.79 Å². The van der Waals surface area contributed by atoms with E-state index >= 15 is 0 Å². The van der Waals surface area contributed by atoms with Crippen molar-refractivity contribution in [3.8, 4) is 11.5 Å². The lowest BCUT2D eigenvalue weighted by Crippen LogP contribution is -2.22. The molecule has 1 aromatic carbocycles. The Bertz CT molecular complexity index is 376. The van der Waals surface area contributed by atoms with Crippen LogP contribution in [0.1, 0.15) is 12.5 Å². The van der Waals surface area contributed by atoms with E-state index in [0.29, 0.717) is 6.54 Å². The highest BCUT2D eigenvalue weighted by Crippen LogP contribution is 2.35. The standard InChI is InChI=1S/C11H13NO3/c1-8(13)12-6-5-9-3-2-4-10-11(9)15-7-14-10/h2-4H,5-7H2,1H3,(H,12,13). The Morgan fingerprint density at radius 3 is 3.13 bits per heavy atom. The van der Waals surface area contributed by atoms with Gasteiger partial charge in [-0.05, 0) is 18.1 Å². The highest BCUT2D eigenvalue weighted by Gasteiger charge is 2.16. The van der Waals surface area contributed by atoms with Crippen molar-refractivity contribution >= 4 is 5.91 Å². The second kappa shape index (κ2) is 4.21. The Morgan fingerprint density at radius 1 is 1.47 bits per heavy atom. The fourth-order valence-corrected chi connectivity index (χ4v) is 1.56. The summed E-state index contributed by atoms with van der Waals surface area (Å²) in [6.07, 6.45) is 0.756. The predicted octanol–water partition coefficient (Wildman–Crippen LogP) is 1.09. The molecule has 1 heterocycles. The van der Waals surface area contributed by atoms with Crippen molar-refractivity contribution in [1.82, 2.24) is 5.32 Å². The highest BCUT2D eigenvalue weighted by atomic mass is 16.7. The summed E-state index contributed by atoms with van der Waals surface area (Å²) in [4.78, 5) is 10.7. The molecule has 0 atom stereocenters. The van der Waals surface area contributed by atoms with Crippen LogP contribution in [0.3, 0.4) is 0 Å². The number of benzene rings is 1. The third-order valence-corrected chi connectivity index (χ3v) is 2.25. The highest BCUT2D eigenvalue weighted by molar-refractivity contribution is 5.72. The summed E-state index contributed by atoms with van der Waals surface area (Å²) in [5, 5.41) is 2.75. The lowest BCUT2D eigenvalue weighted by atomic mass is 10.1. The van der Waals surface area contributed by atoms with Crippen LogP contribution in [0.4, 0.5) is 0 Å². The molecule has 0 bridgehead atoms. The summed E-state index contributed by atoms with van der Waals surface area (Å²) < 4.78 is 10.6. The van der Waals surface area contributed by atoms with E-state index in [1.54, 1.807) is 0 Å². The van der Waals surface area contributed by atoms with E-state index in [0.717, 1.165) is 23.5 Å². The van der Waals surface area contributed by atoms with Crippen LogP contribution in [0.5, 0.6) is 11.5 Å². The maximum atomic E-state index is 10.7. The van der Waals surface area contributed by atoms with Crippen molar-refractivity contribution in [1.29, 1.82) is 0 Å². The SMILES string of the molecule is CC(=O)NCCc1cccc2c1OCO2. The summed E-state index contributed by atoms with van der Waals surface area (Å²) in [5.41, 5.74) is 1.07. The molecule has 0 aliphatic carbocycles. The van der Waals surface area contributed by atoms with Gasteiger partial charge in [0.2, 0.25) is 12.7 Å². The minimum Gasteiger partial charge on any atom is -0.454 e. The maximum absolute atomic E-state index is 10.7. The molecule has 1 amide bonds. The van der Waals surface area contributed by atoms with Crippen molar-refractivity contribution < 1.29 is 14.3 Å². The molecule has 1 N–H and O–H groups in total. The molecule has 0 saturated carbocycles. The number of carbonyl (C=O) groups is 1. The van der Waals surface area contributed by atoms with Gasteiger partial charge in [0.15, 0.2) is 11.5 Å². The zero-order valence-electron chi connectivity index (χ0n) is 8.58. The second-order valence-electron chi connectivity index (χ2n) is 3.38. The molecule has 15 heavy (non-hydrogen) atoms. The van der Waals surface area contributed by atoms with Crippen LogP contribution < -0.4 is 14.8 Å². The Morgan fingerprint density at radius 2 is 2.33 bits per heavy atom. The molecule has 4 heteroatoms. The van der Waals surface area contributed by atoms with Crippen molar-refractivity contribution in [3.63, 3.8) is 0 Å². The van der Waals surface area contributed by atoms with Crippen LogP contribution in [0, 0.1) is 0 Å². The minimum absolute atomic E-state index is 0.0141. The molecule has 0 saturated heterocycles. The monoisotopic (exact) mass is 207 g/mol. The number of hydrogen-bond donors (Lipinski definition) is 1. The van der Waals surface area contributed by atoms with E-state index in [1.807, 2.05) is 18.2 Å². The van der Waals surface area contributed by atoms with E-state index < -0.39 is 0 Å². The Balaban J connectivity index is 2.02. The zero-order chi connectivity index (χ0) is 10.7. The fraction of sp³-hybridized carbons (Fsp3) is 0.364. The van der Waals surface area contributed by atoms with Crippen LogP contribution in [-0.4, -0.2) is 19.2 Å². The third-order valence-electron chi connectivity index (χ3n) is 2.25. The first kappa shape index (κ1) is 9.83. The van der Waals surface area contributed by atoms with Crippen molar-refractivity contribution in [2.45, 2.75) is 13.3 Å². The summed E-state index contributed by atoms with van der Waals surface area (Å²) in [5.74, 6) is 1.58. The van der Waals surface area contributed by atoms with Gasteiger partial charge in [-0.2, -0.15) is 0 Å². The molecule has 1 aliphatic heterocycles. The van der Waals surface area contributed by atoms with Crippen LogP contribution in [-0.2, 0) is 11.2 Å². The third kappa shape index (κ3) is 2.21. The van der Waals surface area contributed by atoms with Gasteiger partial charge in [-0.25, -0.2) is 0 Å². The van der Waals surface area contributed by atoms with E-state index in [2.05, 4.69) is 5.32 Å². The average Bonchev–Trinajstić information content (AvgIpc) is 2.65. The number of hydrogen-bond acceptors (Lipinski definition) is 3. The first-order valence-corrected chi connectivity index (χ1v) is 4.89. The predicted molar refractivity (Wildman–Crippen MR) is 55.0 cm³/mol. The molecule has 1 aliphatic rings. The Labute approximate surface area is 88.2 Å². The first-order chi connectivity index (χ1) is 7.27. The second-order valence-corrected chi connectivity index (χ2v) is 3.38. The summed E-state index contributed by atoms with van der Waals surface area (Å²) in [7, 11) is 0. The van der Waals surface area contributed by atoms with Gasteiger partial charge >= 0.3 is 0 Å². The Hall–Kier alpha value is -1.71. The van der Waals surface area contributed by atoms with Gasteiger partial charge in [0.1, 0.15) is 0 Å². The number of carbonyl (C=O) groups excluding carboxylic acids is 1. The number of rotatable bonds is 3. The smallest absolute Gasteiger partial charge is 0.231 e. The number of ether oxygens (including phenoxy) is 2. The van der Waals surface area contributed by atoms with Gasteiger partial charge in [0.25, 0.3) is 0 Å². The molecule has 4 nitrogen and oxygen atoms in total. The van der Waals surface area contributed by atoms with Gasteiger partial charge in [-0.3, -0.25) is 4.79 Å². The molecule has 0 fully saturated rings. The molecule has 0 unspecified atom stereocenters. The summed E-state index contributed by atoms with van der Waals surface area (Å²) in [6, 6.07) is 5.79. The van der Waals surface area contributed by atoms with Crippen molar-refractivity contribution in [2.75, 3.05) is 13.3 Å². The van der Waals surface area contributed by atoms with E-state index in [4.69, 9.17) is 9.47 Å².